The van der Waals surface area contributed by atoms with Crippen molar-refractivity contribution in [2.75, 3.05) is 0 Å². The smallest absolute Gasteiger partial charge is 0.112 e. The van der Waals surface area contributed by atoms with Gasteiger partial charge in [-0.05, 0) is 5.92 Å². The predicted molar refractivity (Wildman–Crippen MR) is 68.6 cm³/mol. The van der Waals surface area contributed by atoms with Gasteiger partial charge >= 0.3 is 0 Å². The maximum Gasteiger partial charge on any atom is 0.112 e. The second kappa shape index (κ2) is 4.82. The molecule has 0 aliphatic carbocycles. The van der Waals surface area contributed by atoms with Crippen LogP contribution in [0.3, 0.4) is 0 Å². The molecule has 0 amide bonds. The minimum absolute atomic E-state index is 0.0323. The fourth-order valence-electron chi connectivity index (χ4n) is 1.33. The molecule has 0 saturated carbocycles. The molecule has 0 radical (unpaired) electrons. The number of thiazole rings is 1. The number of hydrogen-bond acceptors (Lipinski definition) is 4. The minimum Gasteiger partial charge on any atom is -0.385 e. The lowest BCUT2D eigenvalue weighted by molar-refractivity contribution is 0.122. The zero-order valence-electron chi connectivity index (χ0n) is 10.7. The fraction of sp³-hybridized carbons (Fsp3) is 0.750. The number of aromatic nitrogens is 1. The Balaban J connectivity index is 2.86. The van der Waals surface area contributed by atoms with Crippen LogP contribution < -0.4 is 5.73 Å². The molecule has 2 unspecified atom stereocenters. The molecule has 1 heterocycles. The Morgan fingerprint density at radius 2 is 1.94 bits per heavy atom. The first kappa shape index (κ1) is 13.6. The van der Waals surface area contributed by atoms with E-state index in [2.05, 4.69) is 25.8 Å². The Morgan fingerprint density at radius 1 is 1.38 bits per heavy atom. The van der Waals surface area contributed by atoms with Crippen LogP contribution in [0.25, 0.3) is 0 Å². The quantitative estimate of drug-likeness (QED) is 0.856. The van der Waals surface area contributed by atoms with Crippen molar-refractivity contribution in [1.82, 2.24) is 4.98 Å². The molecule has 4 heteroatoms. The monoisotopic (exact) mass is 242 g/mol. The summed E-state index contributed by atoms with van der Waals surface area (Å²) in [4.78, 5) is 4.47. The second-order valence-electron chi connectivity index (χ2n) is 5.59. The third-order valence-electron chi connectivity index (χ3n) is 2.60. The van der Waals surface area contributed by atoms with E-state index in [1.54, 1.807) is 11.3 Å². The number of nitrogens with zero attached hydrogens (tertiary/aromatic N) is 1. The van der Waals surface area contributed by atoms with Crippen LogP contribution in [0, 0.1) is 5.92 Å². The highest BCUT2D eigenvalue weighted by Crippen LogP contribution is 2.29. The molecule has 0 spiro atoms. The van der Waals surface area contributed by atoms with Crippen LogP contribution in [0.15, 0.2) is 5.38 Å². The summed E-state index contributed by atoms with van der Waals surface area (Å²) in [5.41, 5.74) is 6.66. The van der Waals surface area contributed by atoms with E-state index in [1.807, 2.05) is 19.2 Å². The molecular formula is C12H22N2OS. The minimum atomic E-state index is -0.660. The SMILES string of the molecule is CC(C)C(N)C(O)c1csc(C(C)(C)C)n1. The molecule has 0 saturated heterocycles. The van der Waals surface area contributed by atoms with Crippen LogP contribution in [0.2, 0.25) is 0 Å². The lowest BCUT2D eigenvalue weighted by Crippen LogP contribution is -2.33. The predicted octanol–water partition coefficient (Wildman–Crippen LogP) is 2.46. The topological polar surface area (TPSA) is 59.1 Å². The summed E-state index contributed by atoms with van der Waals surface area (Å²) in [5, 5.41) is 13.0. The summed E-state index contributed by atoms with van der Waals surface area (Å²) < 4.78 is 0. The second-order valence-corrected chi connectivity index (χ2v) is 6.45. The van der Waals surface area contributed by atoms with Crippen molar-refractivity contribution in [3.8, 4) is 0 Å². The van der Waals surface area contributed by atoms with Gasteiger partial charge in [-0.25, -0.2) is 4.98 Å². The van der Waals surface area contributed by atoms with Crippen molar-refractivity contribution < 1.29 is 5.11 Å². The standard InChI is InChI=1S/C12H22N2OS/c1-7(2)9(13)10(15)8-6-16-11(14-8)12(3,4)5/h6-7,9-10,15H,13H2,1-5H3. The Bertz CT molecular complexity index is 341. The Kier molecular flexibility index (Phi) is 4.10. The van der Waals surface area contributed by atoms with Gasteiger partial charge in [-0.3, -0.25) is 0 Å². The lowest BCUT2D eigenvalue weighted by atomic mass is 9.97. The molecule has 3 N–H and O–H groups in total. The first-order valence-electron chi connectivity index (χ1n) is 5.63. The number of aliphatic hydroxyl groups excluding tert-OH is 1. The van der Waals surface area contributed by atoms with E-state index in [4.69, 9.17) is 5.73 Å². The van der Waals surface area contributed by atoms with E-state index in [-0.39, 0.29) is 17.4 Å². The van der Waals surface area contributed by atoms with Gasteiger partial charge in [0.05, 0.1) is 10.7 Å². The molecule has 1 aromatic heterocycles. The van der Waals surface area contributed by atoms with Crippen LogP contribution in [-0.2, 0) is 5.41 Å². The Labute approximate surface area is 102 Å². The Hall–Kier alpha value is -0.450. The van der Waals surface area contributed by atoms with E-state index < -0.39 is 6.10 Å². The molecule has 0 bridgehead atoms. The zero-order chi connectivity index (χ0) is 12.5. The van der Waals surface area contributed by atoms with Gasteiger partial charge in [0.2, 0.25) is 0 Å². The summed E-state index contributed by atoms with van der Waals surface area (Å²) in [6.07, 6.45) is -0.660. The molecule has 16 heavy (non-hydrogen) atoms. The molecule has 92 valence electrons. The molecule has 0 aliphatic rings. The van der Waals surface area contributed by atoms with Crippen molar-refractivity contribution >= 4 is 11.3 Å². The molecule has 3 nitrogen and oxygen atoms in total. The van der Waals surface area contributed by atoms with Crippen LogP contribution >= 0.6 is 11.3 Å². The number of aliphatic hydroxyl groups is 1. The molecule has 0 aliphatic heterocycles. The van der Waals surface area contributed by atoms with Crippen molar-refractivity contribution in [3.63, 3.8) is 0 Å². The van der Waals surface area contributed by atoms with Gasteiger partial charge in [-0.2, -0.15) is 0 Å². The van der Waals surface area contributed by atoms with E-state index >= 15 is 0 Å². The Morgan fingerprint density at radius 3 is 2.31 bits per heavy atom. The highest BCUT2D eigenvalue weighted by Gasteiger charge is 2.25. The third-order valence-corrected chi connectivity index (χ3v) is 3.89. The number of hydrogen-bond donors (Lipinski definition) is 2. The first-order chi connectivity index (χ1) is 7.23. The average Bonchev–Trinajstić information content (AvgIpc) is 2.63. The normalized spacial score (nSPS) is 16.5. The zero-order valence-corrected chi connectivity index (χ0v) is 11.5. The van der Waals surface area contributed by atoms with Crippen molar-refractivity contribution in [2.24, 2.45) is 11.7 Å². The van der Waals surface area contributed by atoms with Crippen molar-refractivity contribution in [3.05, 3.63) is 16.1 Å². The van der Waals surface area contributed by atoms with Crippen molar-refractivity contribution in [2.45, 2.75) is 52.2 Å². The van der Waals surface area contributed by atoms with Crippen molar-refractivity contribution in [1.29, 1.82) is 0 Å². The molecular weight excluding hydrogens is 220 g/mol. The van der Waals surface area contributed by atoms with Crippen LogP contribution in [0.5, 0.6) is 0 Å². The summed E-state index contributed by atoms with van der Waals surface area (Å²) >= 11 is 1.59. The summed E-state index contributed by atoms with van der Waals surface area (Å²) in [6, 6.07) is -0.255. The van der Waals surface area contributed by atoms with E-state index in [9.17, 15) is 5.11 Å². The average molecular weight is 242 g/mol. The van der Waals surface area contributed by atoms with E-state index in [1.165, 1.54) is 0 Å². The molecule has 0 aromatic carbocycles. The van der Waals surface area contributed by atoms with Gasteiger partial charge in [0, 0.05) is 16.8 Å². The van der Waals surface area contributed by atoms with Gasteiger partial charge in [0.1, 0.15) is 6.10 Å². The van der Waals surface area contributed by atoms with Gasteiger partial charge in [-0.1, -0.05) is 34.6 Å². The number of nitrogens with two attached hydrogens (primary N) is 1. The van der Waals surface area contributed by atoms with Gasteiger partial charge < -0.3 is 10.8 Å². The summed E-state index contributed by atoms with van der Waals surface area (Å²) in [6.45, 7) is 10.4. The number of rotatable bonds is 3. The summed E-state index contributed by atoms with van der Waals surface area (Å²) in [7, 11) is 0. The van der Waals surface area contributed by atoms with E-state index in [0.717, 1.165) is 5.01 Å². The lowest BCUT2D eigenvalue weighted by Gasteiger charge is -2.21. The van der Waals surface area contributed by atoms with Gasteiger partial charge in [-0.15, -0.1) is 11.3 Å². The van der Waals surface area contributed by atoms with E-state index in [0.29, 0.717) is 5.69 Å². The molecule has 2 atom stereocenters. The maximum absolute atomic E-state index is 10.1. The van der Waals surface area contributed by atoms with Crippen LogP contribution in [-0.4, -0.2) is 16.1 Å². The third kappa shape index (κ3) is 3.03. The van der Waals surface area contributed by atoms with Gasteiger partial charge in [0.15, 0.2) is 0 Å². The van der Waals surface area contributed by atoms with Crippen LogP contribution in [0.4, 0.5) is 0 Å². The highest BCUT2D eigenvalue weighted by molar-refractivity contribution is 7.09. The largest absolute Gasteiger partial charge is 0.385 e. The maximum atomic E-state index is 10.1. The summed E-state index contributed by atoms with van der Waals surface area (Å²) in [5.74, 6) is 0.245. The molecule has 1 aromatic rings. The fourth-order valence-corrected chi connectivity index (χ4v) is 2.26. The van der Waals surface area contributed by atoms with Gasteiger partial charge in [0.25, 0.3) is 0 Å². The molecule has 0 fully saturated rings. The molecule has 1 rings (SSSR count). The first-order valence-corrected chi connectivity index (χ1v) is 6.51. The highest BCUT2D eigenvalue weighted by atomic mass is 32.1. The van der Waals surface area contributed by atoms with Crippen LogP contribution in [0.1, 0.15) is 51.4 Å².